The third-order valence-corrected chi connectivity index (χ3v) is 3.78. The third kappa shape index (κ3) is 1.57. The van der Waals surface area contributed by atoms with Gasteiger partial charge in [-0.3, -0.25) is 9.59 Å². The molecular weight excluding hydrogens is 226 g/mol. The average Bonchev–Trinajstić information content (AvgIpc) is 2.62. The van der Waals surface area contributed by atoms with Gasteiger partial charge in [0.05, 0.1) is 0 Å². The summed E-state index contributed by atoms with van der Waals surface area (Å²) in [4.78, 5) is 26.0. The van der Waals surface area contributed by atoms with E-state index in [2.05, 4.69) is 13.8 Å². The third-order valence-electron chi connectivity index (χ3n) is 3.78. The Kier molecular flexibility index (Phi) is 2.51. The van der Waals surface area contributed by atoms with Crippen molar-refractivity contribution >= 4 is 17.4 Å². The van der Waals surface area contributed by atoms with Crippen LogP contribution in [0.25, 0.3) is 0 Å². The summed E-state index contributed by atoms with van der Waals surface area (Å²) in [5.74, 6) is 0.905. The summed E-state index contributed by atoms with van der Waals surface area (Å²) >= 11 is 0. The Morgan fingerprint density at radius 2 is 2.06 bits per heavy atom. The second-order valence-electron chi connectivity index (χ2n) is 5.66. The quantitative estimate of drug-likeness (QED) is 0.801. The summed E-state index contributed by atoms with van der Waals surface area (Å²) in [5, 5.41) is 0. The molecule has 1 aliphatic heterocycles. The zero-order chi connectivity index (χ0) is 12.9. The van der Waals surface area contributed by atoms with Crippen LogP contribution in [0.2, 0.25) is 0 Å². The van der Waals surface area contributed by atoms with Crippen LogP contribution in [0.5, 0.6) is 0 Å². The summed E-state index contributed by atoms with van der Waals surface area (Å²) in [6, 6.07) is 5.76. The molecule has 0 saturated heterocycles. The Labute approximate surface area is 107 Å². The molecule has 94 valence electrons. The van der Waals surface area contributed by atoms with Crippen molar-refractivity contribution in [2.24, 2.45) is 5.92 Å². The Morgan fingerprint density at radius 3 is 2.78 bits per heavy atom. The van der Waals surface area contributed by atoms with Crippen LogP contribution in [-0.2, 0) is 4.79 Å². The van der Waals surface area contributed by atoms with Crippen LogP contribution in [0.3, 0.4) is 0 Å². The van der Waals surface area contributed by atoms with E-state index in [1.165, 1.54) is 0 Å². The standard InChI is InChI=1S/C15H17NO2/c1-9(2)8-16-12-5-3-4-11-13(17)6-10(15(11)12)7-14(16)18/h3-5,9-10H,6-8H2,1-2H3. The van der Waals surface area contributed by atoms with E-state index in [0.29, 0.717) is 18.8 Å². The Balaban J connectivity index is 2.11. The van der Waals surface area contributed by atoms with Crippen LogP contribution in [-0.4, -0.2) is 18.2 Å². The molecule has 18 heavy (non-hydrogen) atoms. The molecule has 3 rings (SSSR count). The van der Waals surface area contributed by atoms with Crippen molar-refractivity contribution in [1.82, 2.24) is 0 Å². The molecule has 1 aromatic rings. The highest BCUT2D eigenvalue weighted by Crippen LogP contribution is 2.45. The summed E-state index contributed by atoms with van der Waals surface area (Å²) in [7, 11) is 0. The molecule has 3 nitrogen and oxygen atoms in total. The molecule has 1 heterocycles. The van der Waals surface area contributed by atoms with Gasteiger partial charge in [-0.25, -0.2) is 0 Å². The summed E-state index contributed by atoms with van der Waals surface area (Å²) < 4.78 is 0. The number of rotatable bonds is 2. The minimum absolute atomic E-state index is 0.125. The highest BCUT2D eigenvalue weighted by Gasteiger charge is 2.39. The second kappa shape index (κ2) is 3.94. The normalized spacial score (nSPS) is 21.7. The first kappa shape index (κ1) is 11.5. The van der Waals surface area contributed by atoms with Crippen LogP contribution in [0.4, 0.5) is 5.69 Å². The molecule has 0 bridgehead atoms. The molecule has 0 N–H and O–H groups in total. The van der Waals surface area contributed by atoms with E-state index in [1.54, 1.807) is 0 Å². The summed E-state index contributed by atoms with van der Waals surface area (Å²) in [5.41, 5.74) is 2.91. The topological polar surface area (TPSA) is 37.4 Å². The Bertz CT molecular complexity index is 533. The molecule has 0 aromatic heterocycles. The second-order valence-corrected chi connectivity index (χ2v) is 5.66. The fraction of sp³-hybridized carbons (Fsp3) is 0.467. The number of Topliss-reactive ketones (excluding diaryl/α,β-unsaturated/α-hetero) is 1. The molecule has 1 amide bonds. The number of hydrogen-bond acceptors (Lipinski definition) is 2. The van der Waals surface area contributed by atoms with Crippen LogP contribution in [0, 0.1) is 5.92 Å². The fourth-order valence-corrected chi connectivity index (χ4v) is 3.09. The van der Waals surface area contributed by atoms with Crippen LogP contribution < -0.4 is 4.90 Å². The van der Waals surface area contributed by atoms with E-state index < -0.39 is 0 Å². The highest BCUT2D eigenvalue weighted by molar-refractivity contribution is 6.08. The van der Waals surface area contributed by atoms with Gasteiger partial charge in [-0.05, 0) is 17.5 Å². The van der Waals surface area contributed by atoms with Gasteiger partial charge in [0.2, 0.25) is 5.91 Å². The van der Waals surface area contributed by atoms with Crippen LogP contribution in [0.1, 0.15) is 48.5 Å². The van der Waals surface area contributed by atoms with Gasteiger partial charge < -0.3 is 4.90 Å². The van der Waals surface area contributed by atoms with E-state index in [0.717, 1.165) is 23.4 Å². The maximum Gasteiger partial charge on any atom is 0.227 e. The molecule has 2 aliphatic rings. The minimum Gasteiger partial charge on any atom is -0.312 e. The van der Waals surface area contributed by atoms with E-state index in [4.69, 9.17) is 0 Å². The molecule has 0 saturated carbocycles. The molecule has 0 radical (unpaired) electrons. The van der Waals surface area contributed by atoms with Gasteiger partial charge in [0, 0.05) is 36.6 Å². The van der Waals surface area contributed by atoms with Crippen molar-refractivity contribution in [1.29, 1.82) is 0 Å². The zero-order valence-corrected chi connectivity index (χ0v) is 10.8. The smallest absolute Gasteiger partial charge is 0.227 e. The van der Waals surface area contributed by atoms with Gasteiger partial charge in [-0.15, -0.1) is 0 Å². The predicted octanol–water partition coefficient (Wildman–Crippen LogP) is 2.75. The largest absolute Gasteiger partial charge is 0.312 e. The predicted molar refractivity (Wildman–Crippen MR) is 69.9 cm³/mol. The van der Waals surface area contributed by atoms with E-state index in [1.807, 2.05) is 23.1 Å². The van der Waals surface area contributed by atoms with Gasteiger partial charge in [-0.2, -0.15) is 0 Å². The first-order valence-corrected chi connectivity index (χ1v) is 6.54. The SMILES string of the molecule is CC(C)CN1C(=O)CC2CC(=O)c3cccc1c32. The van der Waals surface area contributed by atoms with Crippen LogP contribution in [0.15, 0.2) is 18.2 Å². The molecule has 1 aliphatic carbocycles. The summed E-state index contributed by atoms with van der Waals surface area (Å²) in [6.45, 7) is 4.94. The zero-order valence-electron chi connectivity index (χ0n) is 10.8. The number of amides is 1. The fourth-order valence-electron chi connectivity index (χ4n) is 3.09. The minimum atomic E-state index is 0.125. The molecular formula is C15H17NO2. The van der Waals surface area contributed by atoms with E-state index in [-0.39, 0.29) is 17.6 Å². The lowest BCUT2D eigenvalue weighted by molar-refractivity contribution is -0.119. The van der Waals surface area contributed by atoms with Gasteiger partial charge in [0.25, 0.3) is 0 Å². The lowest BCUT2D eigenvalue weighted by atomic mass is 9.90. The van der Waals surface area contributed by atoms with E-state index in [9.17, 15) is 9.59 Å². The van der Waals surface area contributed by atoms with Crippen molar-refractivity contribution < 1.29 is 9.59 Å². The van der Waals surface area contributed by atoms with Gasteiger partial charge in [0.15, 0.2) is 5.78 Å². The Morgan fingerprint density at radius 1 is 1.28 bits per heavy atom. The molecule has 1 atom stereocenters. The molecule has 3 heteroatoms. The van der Waals surface area contributed by atoms with Crippen molar-refractivity contribution in [3.8, 4) is 0 Å². The average molecular weight is 243 g/mol. The number of nitrogens with zero attached hydrogens (tertiary/aromatic N) is 1. The first-order chi connectivity index (χ1) is 8.58. The first-order valence-electron chi connectivity index (χ1n) is 6.54. The lowest BCUT2D eigenvalue weighted by Gasteiger charge is -2.33. The number of hydrogen-bond donors (Lipinski definition) is 0. The molecule has 1 unspecified atom stereocenters. The number of anilines is 1. The number of ketones is 1. The monoisotopic (exact) mass is 243 g/mol. The molecule has 0 fully saturated rings. The van der Waals surface area contributed by atoms with Gasteiger partial charge in [0.1, 0.15) is 0 Å². The van der Waals surface area contributed by atoms with Gasteiger partial charge >= 0.3 is 0 Å². The Hall–Kier alpha value is -1.64. The number of benzene rings is 1. The van der Waals surface area contributed by atoms with Crippen molar-refractivity contribution in [3.63, 3.8) is 0 Å². The molecule has 0 spiro atoms. The van der Waals surface area contributed by atoms with Gasteiger partial charge in [-0.1, -0.05) is 26.0 Å². The maximum atomic E-state index is 12.2. The number of carbonyl (C=O) groups is 2. The highest BCUT2D eigenvalue weighted by atomic mass is 16.2. The van der Waals surface area contributed by atoms with Crippen LogP contribution >= 0.6 is 0 Å². The van der Waals surface area contributed by atoms with Crippen molar-refractivity contribution in [2.75, 3.05) is 11.4 Å². The maximum absolute atomic E-state index is 12.2. The summed E-state index contributed by atoms with van der Waals surface area (Å²) in [6.07, 6.45) is 0.996. The number of carbonyl (C=O) groups excluding carboxylic acids is 2. The van der Waals surface area contributed by atoms with Crippen molar-refractivity contribution in [2.45, 2.75) is 32.6 Å². The van der Waals surface area contributed by atoms with Crippen molar-refractivity contribution in [3.05, 3.63) is 29.3 Å². The molecule has 1 aromatic carbocycles. The lowest BCUT2D eigenvalue weighted by Crippen LogP contribution is -2.38. The van der Waals surface area contributed by atoms with E-state index >= 15 is 0 Å².